The van der Waals surface area contributed by atoms with Gasteiger partial charge >= 0.3 is 6.18 Å². The van der Waals surface area contributed by atoms with Crippen LogP contribution in [0.15, 0.2) is 29.2 Å². The molecule has 9 heteroatoms. The summed E-state index contributed by atoms with van der Waals surface area (Å²) in [4.78, 5) is -0.470. The molecule has 0 unspecified atom stereocenters. The van der Waals surface area contributed by atoms with Gasteiger partial charge in [0.2, 0.25) is 10.0 Å². The minimum atomic E-state index is -4.63. The average Bonchev–Trinajstić information content (AvgIpc) is 2.42. The third-order valence-corrected chi connectivity index (χ3v) is 4.59. The second kappa shape index (κ2) is 7.21. The van der Waals surface area contributed by atoms with Crippen LogP contribution in [0, 0.1) is 0 Å². The van der Waals surface area contributed by atoms with Crippen molar-refractivity contribution >= 4 is 10.0 Å². The van der Waals surface area contributed by atoms with Crippen LogP contribution in [0.2, 0.25) is 0 Å². The Bertz CT molecular complexity index is 560. The second-order valence-corrected chi connectivity index (χ2v) is 6.08. The maximum Gasteiger partial charge on any atom is 0.416 e. The highest BCUT2D eigenvalue weighted by Gasteiger charge is 2.32. The molecule has 120 valence electrons. The van der Waals surface area contributed by atoms with Crippen LogP contribution in [-0.2, 0) is 20.9 Å². The maximum atomic E-state index is 12.6. The Kier molecular flexibility index (Phi) is 6.14. The number of hydrogen-bond acceptors (Lipinski definition) is 4. The zero-order valence-corrected chi connectivity index (χ0v) is 12.1. The molecule has 0 heterocycles. The molecule has 0 bridgehead atoms. The van der Waals surface area contributed by atoms with Crippen LogP contribution in [0.4, 0.5) is 13.2 Å². The Labute approximate surface area is 121 Å². The first-order chi connectivity index (χ1) is 9.73. The average molecular weight is 327 g/mol. The van der Waals surface area contributed by atoms with Gasteiger partial charge in [0, 0.05) is 20.2 Å². The third kappa shape index (κ3) is 4.67. The van der Waals surface area contributed by atoms with Crippen molar-refractivity contribution in [2.24, 2.45) is 0 Å². The summed E-state index contributed by atoms with van der Waals surface area (Å²) in [6.07, 6.45) is -4.63. The van der Waals surface area contributed by atoms with Crippen molar-refractivity contribution in [1.29, 1.82) is 0 Å². The van der Waals surface area contributed by atoms with E-state index in [1.807, 2.05) is 0 Å². The summed E-state index contributed by atoms with van der Waals surface area (Å²) >= 11 is 0. The molecule has 1 aromatic rings. The molecule has 1 aromatic carbocycles. The van der Waals surface area contributed by atoms with Crippen molar-refractivity contribution in [3.05, 3.63) is 29.8 Å². The van der Waals surface area contributed by atoms with Crippen molar-refractivity contribution < 1.29 is 31.4 Å². The molecule has 0 saturated heterocycles. The predicted molar refractivity (Wildman–Crippen MR) is 69.2 cm³/mol. The Morgan fingerprint density at radius 3 is 2.48 bits per heavy atom. The van der Waals surface area contributed by atoms with Gasteiger partial charge in [-0.15, -0.1) is 0 Å². The van der Waals surface area contributed by atoms with E-state index in [0.29, 0.717) is 6.07 Å². The first-order valence-corrected chi connectivity index (χ1v) is 7.44. The summed E-state index contributed by atoms with van der Waals surface area (Å²) < 4.78 is 68.2. The van der Waals surface area contributed by atoms with Crippen molar-refractivity contribution in [3.63, 3.8) is 0 Å². The quantitative estimate of drug-likeness (QED) is 0.821. The van der Waals surface area contributed by atoms with E-state index in [4.69, 9.17) is 9.84 Å². The Balaban J connectivity index is 3.15. The van der Waals surface area contributed by atoms with Crippen molar-refractivity contribution in [3.8, 4) is 0 Å². The molecular formula is C12H16F3NO4S. The van der Waals surface area contributed by atoms with E-state index >= 15 is 0 Å². The van der Waals surface area contributed by atoms with E-state index in [2.05, 4.69) is 0 Å². The molecule has 0 atom stereocenters. The number of halogens is 3. The highest BCUT2D eigenvalue weighted by molar-refractivity contribution is 7.89. The molecule has 1 N–H and O–H groups in total. The highest BCUT2D eigenvalue weighted by atomic mass is 32.2. The lowest BCUT2D eigenvalue weighted by atomic mass is 10.2. The van der Waals surface area contributed by atoms with Gasteiger partial charge in [-0.05, 0) is 18.2 Å². The molecule has 21 heavy (non-hydrogen) atoms. The van der Waals surface area contributed by atoms with Gasteiger partial charge in [-0.25, -0.2) is 8.42 Å². The number of methoxy groups -OCH3 is 1. The molecule has 0 spiro atoms. The van der Waals surface area contributed by atoms with Crippen molar-refractivity contribution in [2.75, 3.05) is 33.4 Å². The molecule has 0 radical (unpaired) electrons. The van der Waals surface area contributed by atoms with Crippen molar-refractivity contribution in [2.45, 2.75) is 11.1 Å². The largest absolute Gasteiger partial charge is 0.416 e. The molecule has 1 rings (SSSR count). The number of nitrogens with zero attached hydrogens (tertiary/aromatic N) is 1. The highest BCUT2D eigenvalue weighted by Crippen LogP contribution is 2.31. The standard InChI is InChI=1S/C12H16F3NO4S/c1-20-8-6-16(5-7-17)21(18,19)11-4-2-3-10(9-11)12(13,14)15/h2-4,9,17H,5-8H2,1H3. The summed E-state index contributed by atoms with van der Waals surface area (Å²) in [5.74, 6) is 0. The zero-order chi connectivity index (χ0) is 16.1. The molecule has 0 saturated carbocycles. The van der Waals surface area contributed by atoms with Crippen LogP contribution in [0.5, 0.6) is 0 Å². The summed E-state index contributed by atoms with van der Waals surface area (Å²) in [6, 6.07) is 3.49. The normalized spacial score (nSPS) is 12.9. The number of alkyl halides is 3. The molecule has 0 aliphatic heterocycles. The van der Waals surface area contributed by atoms with E-state index in [9.17, 15) is 21.6 Å². The first-order valence-electron chi connectivity index (χ1n) is 6.00. The number of hydrogen-bond donors (Lipinski definition) is 1. The monoisotopic (exact) mass is 327 g/mol. The number of ether oxygens (including phenoxy) is 1. The Morgan fingerprint density at radius 2 is 1.95 bits per heavy atom. The topological polar surface area (TPSA) is 66.8 Å². The summed E-state index contributed by atoms with van der Waals surface area (Å²) in [5.41, 5.74) is -1.04. The molecule has 0 aliphatic carbocycles. The lowest BCUT2D eigenvalue weighted by Gasteiger charge is -2.21. The SMILES string of the molecule is COCCN(CCO)S(=O)(=O)c1cccc(C(F)(F)F)c1. The van der Waals surface area contributed by atoms with Gasteiger partial charge in [-0.1, -0.05) is 6.07 Å². The summed E-state index contributed by atoms with van der Waals surface area (Å²) in [5, 5.41) is 8.90. The predicted octanol–water partition coefficient (Wildman–Crippen LogP) is 1.33. The Hall–Kier alpha value is -1.16. The van der Waals surface area contributed by atoms with Crippen LogP contribution in [0.25, 0.3) is 0 Å². The van der Waals surface area contributed by atoms with Gasteiger partial charge in [-0.2, -0.15) is 17.5 Å². The van der Waals surface area contributed by atoms with Crippen LogP contribution in [0.1, 0.15) is 5.56 Å². The van der Waals surface area contributed by atoms with E-state index in [-0.39, 0.29) is 19.7 Å². The molecule has 0 fully saturated rings. The summed E-state index contributed by atoms with van der Waals surface area (Å²) in [7, 11) is -2.76. The van der Waals surface area contributed by atoms with E-state index in [0.717, 1.165) is 22.5 Å². The fourth-order valence-electron chi connectivity index (χ4n) is 1.64. The number of sulfonamides is 1. The van der Waals surface area contributed by atoms with Gasteiger partial charge in [0.15, 0.2) is 0 Å². The van der Waals surface area contributed by atoms with Gasteiger partial charge < -0.3 is 9.84 Å². The van der Waals surface area contributed by atoms with Crippen LogP contribution < -0.4 is 0 Å². The molecule has 0 amide bonds. The minimum Gasteiger partial charge on any atom is -0.395 e. The molecular weight excluding hydrogens is 311 g/mol. The zero-order valence-electron chi connectivity index (χ0n) is 11.3. The van der Waals surface area contributed by atoms with E-state index < -0.39 is 33.3 Å². The van der Waals surface area contributed by atoms with Gasteiger partial charge in [-0.3, -0.25) is 0 Å². The second-order valence-electron chi connectivity index (χ2n) is 4.15. The minimum absolute atomic E-state index is 0.0599. The van der Waals surface area contributed by atoms with Gasteiger partial charge in [0.25, 0.3) is 0 Å². The smallest absolute Gasteiger partial charge is 0.395 e. The maximum absolute atomic E-state index is 12.6. The van der Waals surface area contributed by atoms with E-state index in [1.54, 1.807) is 0 Å². The lowest BCUT2D eigenvalue weighted by Crippen LogP contribution is -2.36. The van der Waals surface area contributed by atoms with Gasteiger partial charge in [0.05, 0.1) is 23.7 Å². The number of aliphatic hydroxyl groups excluding tert-OH is 1. The molecule has 0 aromatic heterocycles. The summed E-state index contributed by atoms with van der Waals surface area (Å²) in [6.45, 7) is -0.655. The molecule has 5 nitrogen and oxygen atoms in total. The van der Waals surface area contributed by atoms with Gasteiger partial charge in [0.1, 0.15) is 0 Å². The third-order valence-electron chi connectivity index (χ3n) is 2.69. The fourth-order valence-corrected chi connectivity index (χ4v) is 3.10. The Morgan fingerprint density at radius 1 is 1.29 bits per heavy atom. The number of aliphatic hydroxyl groups is 1. The van der Waals surface area contributed by atoms with Crippen molar-refractivity contribution in [1.82, 2.24) is 4.31 Å². The number of benzene rings is 1. The fraction of sp³-hybridized carbons (Fsp3) is 0.500. The van der Waals surface area contributed by atoms with Crippen LogP contribution >= 0.6 is 0 Å². The molecule has 0 aliphatic rings. The van der Waals surface area contributed by atoms with E-state index in [1.165, 1.54) is 7.11 Å². The first kappa shape index (κ1) is 17.9. The number of rotatable bonds is 7. The van der Waals surface area contributed by atoms with Crippen LogP contribution in [0.3, 0.4) is 0 Å². The van der Waals surface area contributed by atoms with Crippen LogP contribution in [-0.4, -0.2) is 51.2 Å². The lowest BCUT2D eigenvalue weighted by molar-refractivity contribution is -0.137.